The quantitative estimate of drug-likeness (QED) is 0.486. The molecule has 3 rings (SSSR count). The van der Waals surface area contributed by atoms with E-state index in [2.05, 4.69) is 4.98 Å². The van der Waals surface area contributed by atoms with E-state index in [4.69, 9.17) is 17.0 Å². The summed E-state index contributed by atoms with van der Waals surface area (Å²) >= 11 is 7.90. The molecule has 0 N–H and O–H groups in total. The lowest BCUT2D eigenvalue weighted by Crippen LogP contribution is -2.31. The number of anilines is 2. The second-order valence-corrected chi connectivity index (χ2v) is 8.97. The standard InChI is InChI=1S/C20H21N3O3S3/c1-12-6-5-7-16(13(12)2)23(14(3)24)19-21-15(11-28-19)10-17-18(25)22(8-9-26-4)20(27)29-17/h5-7,10-11H,8-9H2,1-4H3/b17-10+. The molecule has 1 fully saturated rings. The molecule has 0 bridgehead atoms. The topological polar surface area (TPSA) is 62.7 Å². The van der Waals surface area contributed by atoms with Gasteiger partial charge in [-0.05, 0) is 37.1 Å². The summed E-state index contributed by atoms with van der Waals surface area (Å²) < 4.78 is 5.54. The number of benzene rings is 1. The van der Waals surface area contributed by atoms with E-state index in [1.165, 1.54) is 34.9 Å². The van der Waals surface area contributed by atoms with E-state index in [0.29, 0.717) is 33.2 Å². The van der Waals surface area contributed by atoms with Crippen molar-refractivity contribution in [2.24, 2.45) is 0 Å². The van der Waals surface area contributed by atoms with Gasteiger partial charge in [0, 0.05) is 19.4 Å². The maximum atomic E-state index is 12.6. The van der Waals surface area contributed by atoms with Gasteiger partial charge in [0.1, 0.15) is 4.32 Å². The van der Waals surface area contributed by atoms with Crippen molar-refractivity contribution in [2.75, 3.05) is 25.2 Å². The Hall–Kier alpha value is -2.07. The minimum atomic E-state index is -0.149. The predicted molar refractivity (Wildman–Crippen MR) is 123 cm³/mol. The minimum absolute atomic E-state index is 0.120. The van der Waals surface area contributed by atoms with Crippen LogP contribution in [0.3, 0.4) is 0 Å². The molecule has 2 amide bonds. The predicted octanol–water partition coefficient (Wildman–Crippen LogP) is 4.29. The van der Waals surface area contributed by atoms with Gasteiger partial charge in [0.15, 0.2) is 5.13 Å². The molecule has 0 spiro atoms. The molecular formula is C20H21N3O3S3. The third kappa shape index (κ3) is 4.58. The lowest BCUT2D eigenvalue weighted by Gasteiger charge is -2.21. The molecule has 6 nitrogen and oxygen atoms in total. The van der Waals surface area contributed by atoms with Crippen molar-refractivity contribution in [1.29, 1.82) is 0 Å². The number of nitrogens with zero attached hydrogens (tertiary/aromatic N) is 3. The highest BCUT2D eigenvalue weighted by Gasteiger charge is 2.32. The van der Waals surface area contributed by atoms with E-state index in [-0.39, 0.29) is 11.8 Å². The molecule has 0 saturated carbocycles. The molecule has 0 radical (unpaired) electrons. The fourth-order valence-electron chi connectivity index (χ4n) is 2.84. The van der Waals surface area contributed by atoms with Crippen LogP contribution in [0.25, 0.3) is 6.08 Å². The van der Waals surface area contributed by atoms with Gasteiger partial charge in [-0.25, -0.2) is 4.98 Å². The number of rotatable bonds is 6. The molecule has 1 aromatic heterocycles. The smallest absolute Gasteiger partial charge is 0.266 e. The van der Waals surface area contributed by atoms with Crippen LogP contribution in [0.1, 0.15) is 23.7 Å². The van der Waals surface area contributed by atoms with Crippen molar-refractivity contribution < 1.29 is 14.3 Å². The molecule has 2 aromatic rings. The Morgan fingerprint density at radius 1 is 1.38 bits per heavy atom. The van der Waals surface area contributed by atoms with E-state index >= 15 is 0 Å². The average molecular weight is 448 g/mol. The number of ether oxygens (including phenoxy) is 1. The summed E-state index contributed by atoms with van der Waals surface area (Å²) in [6.45, 7) is 6.36. The number of aryl methyl sites for hydroxylation is 1. The number of thiazole rings is 1. The monoisotopic (exact) mass is 447 g/mol. The Balaban J connectivity index is 1.89. The SMILES string of the molecule is COCCN1C(=O)/C(=C\c2csc(N(C(C)=O)c3cccc(C)c3C)n2)SC1=S. The van der Waals surface area contributed by atoms with E-state index in [1.54, 1.807) is 18.1 Å². The maximum absolute atomic E-state index is 12.6. The number of thiocarbonyl (C=S) groups is 1. The lowest BCUT2D eigenvalue weighted by atomic mass is 10.1. The van der Waals surface area contributed by atoms with Gasteiger partial charge in [0.2, 0.25) is 5.91 Å². The second kappa shape index (κ2) is 9.17. The van der Waals surface area contributed by atoms with Crippen LogP contribution in [0.5, 0.6) is 0 Å². The average Bonchev–Trinajstić information content (AvgIpc) is 3.22. The maximum Gasteiger partial charge on any atom is 0.266 e. The largest absolute Gasteiger partial charge is 0.383 e. The fraction of sp³-hybridized carbons (Fsp3) is 0.300. The summed E-state index contributed by atoms with van der Waals surface area (Å²) in [5.74, 6) is -0.268. The minimum Gasteiger partial charge on any atom is -0.383 e. The Kier molecular flexibility index (Phi) is 6.84. The highest BCUT2D eigenvalue weighted by Crippen LogP contribution is 2.35. The van der Waals surface area contributed by atoms with Crippen LogP contribution in [0.2, 0.25) is 0 Å². The summed E-state index contributed by atoms with van der Waals surface area (Å²) in [4.78, 5) is 33.2. The van der Waals surface area contributed by atoms with Gasteiger partial charge in [0.05, 0.1) is 29.4 Å². The first-order valence-electron chi connectivity index (χ1n) is 8.90. The van der Waals surface area contributed by atoms with Crippen LogP contribution in [0.15, 0.2) is 28.5 Å². The van der Waals surface area contributed by atoms with Crippen molar-refractivity contribution in [1.82, 2.24) is 9.88 Å². The number of amides is 2. The van der Waals surface area contributed by atoms with E-state index in [9.17, 15) is 9.59 Å². The third-order valence-corrected chi connectivity index (χ3v) is 6.73. The second-order valence-electron chi connectivity index (χ2n) is 6.45. The fourth-order valence-corrected chi connectivity index (χ4v) is 4.97. The highest BCUT2D eigenvalue weighted by atomic mass is 32.2. The first-order chi connectivity index (χ1) is 13.8. The van der Waals surface area contributed by atoms with Crippen molar-refractivity contribution in [3.63, 3.8) is 0 Å². The molecule has 1 aliphatic rings. The number of carbonyl (C=O) groups is 2. The van der Waals surface area contributed by atoms with Crippen LogP contribution in [-0.4, -0.2) is 46.3 Å². The van der Waals surface area contributed by atoms with Gasteiger partial charge in [0.25, 0.3) is 5.91 Å². The molecule has 9 heteroatoms. The van der Waals surface area contributed by atoms with Crippen LogP contribution < -0.4 is 4.90 Å². The summed E-state index contributed by atoms with van der Waals surface area (Å²) in [5.41, 5.74) is 3.56. The number of thioether (sulfide) groups is 1. The highest BCUT2D eigenvalue weighted by molar-refractivity contribution is 8.26. The van der Waals surface area contributed by atoms with Gasteiger partial charge >= 0.3 is 0 Å². The number of hydrogen-bond donors (Lipinski definition) is 0. The molecule has 0 unspecified atom stereocenters. The van der Waals surface area contributed by atoms with Crippen LogP contribution in [-0.2, 0) is 14.3 Å². The molecule has 1 aromatic carbocycles. The molecule has 1 saturated heterocycles. The molecule has 0 aliphatic carbocycles. The number of carbonyl (C=O) groups excluding carboxylic acids is 2. The van der Waals surface area contributed by atoms with Crippen LogP contribution in [0, 0.1) is 13.8 Å². The number of aromatic nitrogens is 1. The first kappa shape index (κ1) is 21.6. The van der Waals surface area contributed by atoms with Crippen molar-refractivity contribution in [3.8, 4) is 0 Å². The Morgan fingerprint density at radius 2 is 2.14 bits per heavy atom. The number of hydrogen-bond acceptors (Lipinski definition) is 7. The van der Waals surface area contributed by atoms with Gasteiger partial charge in [-0.15, -0.1) is 11.3 Å². The summed E-state index contributed by atoms with van der Waals surface area (Å²) in [7, 11) is 1.58. The Bertz CT molecular complexity index is 1000. The molecule has 1 aliphatic heterocycles. The van der Waals surface area contributed by atoms with Crippen molar-refractivity contribution in [2.45, 2.75) is 20.8 Å². The molecule has 2 heterocycles. The molecule has 152 valence electrons. The van der Waals surface area contributed by atoms with Crippen molar-refractivity contribution >= 4 is 68.3 Å². The van der Waals surface area contributed by atoms with Gasteiger partial charge in [-0.3, -0.25) is 19.4 Å². The third-order valence-electron chi connectivity index (χ3n) is 4.50. The summed E-state index contributed by atoms with van der Waals surface area (Å²) in [6, 6.07) is 5.84. The van der Waals surface area contributed by atoms with Crippen LogP contribution in [0.4, 0.5) is 10.8 Å². The van der Waals surface area contributed by atoms with Crippen LogP contribution >= 0.6 is 35.3 Å². The number of methoxy groups -OCH3 is 1. The summed E-state index contributed by atoms with van der Waals surface area (Å²) in [6.07, 6.45) is 1.72. The van der Waals surface area contributed by atoms with Gasteiger partial charge in [-0.2, -0.15) is 0 Å². The van der Waals surface area contributed by atoms with E-state index < -0.39 is 0 Å². The summed E-state index contributed by atoms with van der Waals surface area (Å²) in [5, 5.41) is 2.39. The zero-order valence-corrected chi connectivity index (χ0v) is 19.0. The van der Waals surface area contributed by atoms with Gasteiger partial charge in [-0.1, -0.05) is 36.1 Å². The molecule has 0 atom stereocenters. The lowest BCUT2D eigenvalue weighted by molar-refractivity contribution is -0.122. The molecule has 29 heavy (non-hydrogen) atoms. The Morgan fingerprint density at radius 3 is 2.83 bits per heavy atom. The van der Waals surface area contributed by atoms with Gasteiger partial charge < -0.3 is 4.74 Å². The first-order valence-corrected chi connectivity index (χ1v) is 11.0. The normalized spacial score (nSPS) is 15.4. The molecular weight excluding hydrogens is 426 g/mol. The van der Waals surface area contributed by atoms with E-state index in [1.807, 2.05) is 37.4 Å². The van der Waals surface area contributed by atoms with Crippen molar-refractivity contribution in [3.05, 3.63) is 45.3 Å². The Labute approximate surface area is 183 Å². The zero-order valence-electron chi connectivity index (χ0n) is 16.6. The zero-order chi connectivity index (χ0) is 21.1. The van der Waals surface area contributed by atoms with E-state index in [0.717, 1.165) is 16.8 Å².